The van der Waals surface area contributed by atoms with Gasteiger partial charge in [0.1, 0.15) is 0 Å². The van der Waals surface area contributed by atoms with Gasteiger partial charge in [-0.05, 0) is 37.5 Å². The minimum atomic E-state index is -0.0396. The van der Waals surface area contributed by atoms with Gasteiger partial charge in [-0.15, -0.1) is 24.0 Å². The van der Waals surface area contributed by atoms with Crippen molar-refractivity contribution in [1.82, 2.24) is 16.0 Å². The van der Waals surface area contributed by atoms with E-state index in [4.69, 9.17) is 9.47 Å². The molecule has 160 valence electrons. The van der Waals surface area contributed by atoms with Gasteiger partial charge in [0.25, 0.3) is 5.91 Å². The molecule has 0 heterocycles. The number of guanidine groups is 1. The number of carbonyl (C=O) groups is 1. The number of rotatable bonds is 12. The first kappa shape index (κ1) is 26.6. The molecule has 1 atom stereocenters. The predicted octanol–water partition coefficient (Wildman–Crippen LogP) is 2.55. The SMILES string of the molecule is CCC(C)NC(=O)c1cccc(CNC(=NC)NCCCOCCOC)c1.I. The Labute approximate surface area is 186 Å². The van der Waals surface area contributed by atoms with Gasteiger partial charge in [-0.1, -0.05) is 19.1 Å². The molecule has 0 aliphatic carbocycles. The van der Waals surface area contributed by atoms with E-state index in [2.05, 4.69) is 27.9 Å². The Kier molecular flexibility index (Phi) is 15.7. The molecule has 1 aromatic carbocycles. The van der Waals surface area contributed by atoms with Gasteiger partial charge in [0.15, 0.2) is 5.96 Å². The van der Waals surface area contributed by atoms with Crippen LogP contribution in [0, 0.1) is 0 Å². The maximum absolute atomic E-state index is 12.2. The van der Waals surface area contributed by atoms with Crippen molar-refractivity contribution in [3.05, 3.63) is 35.4 Å². The number of nitrogens with zero attached hydrogens (tertiary/aromatic N) is 1. The van der Waals surface area contributed by atoms with Gasteiger partial charge < -0.3 is 25.4 Å². The van der Waals surface area contributed by atoms with Gasteiger partial charge >= 0.3 is 0 Å². The Balaban J connectivity index is 0.00000729. The minimum Gasteiger partial charge on any atom is -0.382 e. The van der Waals surface area contributed by atoms with Gasteiger partial charge in [-0.25, -0.2) is 0 Å². The van der Waals surface area contributed by atoms with Gasteiger partial charge in [-0.3, -0.25) is 9.79 Å². The summed E-state index contributed by atoms with van der Waals surface area (Å²) in [6, 6.07) is 7.79. The minimum absolute atomic E-state index is 0. The van der Waals surface area contributed by atoms with E-state index in [1.54, 1.807) is 14.2 Å². The van der Waals surface area contributed by atoms with Crippen LogP contribution >= 0.6 is 24.0 Å². The second-order valence-corrected chi connectivity index (χ2v) is 6.29. The van der Waals surface area contributed by atoms with Crippen LogP contribution < -0.4 is 16.0 Å². The fourth-order valence-corrected chi connectivity index (χ4v) is 2.26. The monoisotopic (exact) mass is 506 g/mol. The molecule has 0 fully saturated rings. The molecule has 1 amide bonds. The third kappa shape index (κ3) is 11.5. The molecule has 8 heteroatoms. The van der Waals surface area contributed by atoms with E-state index in [1.165, 1.54) is 0 Å². The molecule has 0 saturated heterocycles. The normalized spacial score (nSPS) is 12.1. The highest BCUT2D eigenvalue weighted by Gasteiger charge is 2.09. The number of hydrogen-bond acceptors (Lipinski definition) is 4. The summed E-state index contributed by atoms with van der Waals surface area (Å²) in [6.45, 7) is 7.33. The Bertz CT molecular complexity index is 584. The molecule has 1 unspecified atom stereocenters. The fraction of sp³-hybridized carbons (Fsp3) is 0.600. The molecule has 3 N–H and O–H groups in total. The second-order valence-electron chi connectivity index (χ2n) is 6.29. The number of nitrogens with one attached hydrogen (secondary N) is 3. The largest absolute Gasteiger partial charge is 0.382 e. The van der Waals surface area contributed by atoms with Gasteiger partial charge in [-0.2, -0.15) is 0 Å². The quantitative estimate of drug-likeness (QED) is 0.176. The third-order valence-electron chi connectivity index (χ3n) is 4.05. The van der Waals surface area contributed by atoms with Crippen molar-refractivity contribution in [1.29, 1.82) is 0 Å². The molecule has 0 aromatic heterocycles. The van der Waals surface area contributed by atoms with E-state index < -0.39 is 0 Å². The molecule has 0 saturated carbocycles. The third-order valence-corrected chi connectivity index (χ3v) is 4.05. The highest BCUT2D eigenvalue weighted by molar-refractivity contribution is 14.0. The molecule has 0 bridgehead atoms. The van der Waals surface area contributed by atoms with Crippen molar-refractivity contribution in [2.75, 3.05) is 40.5 Å². The smallest absolute Gasteiger partial charge is 0.251 e. The topological polar surface area (TPSA) is 84.0 Å². The van der Waals surface area contributed by atoms with E-state index in [1.807, 2.05) is 31.2 Å². The number of hydrogen-bond donors (Lipinski definition) is 3. The lowest BCUT2D eigenvalue weighted by Gasteiger charge is -2.14. The fourth-order valence-electron chi connectivity index (χ4n) is 2.26. The van der Waals surface area contributed by atoms with Crippen LogP contribution in [0.5, 0.6) is 0 Å². The summed E-state index contributed by atoms with van der Waals surface area (Å²) in [4.78, 5) is 16.5. The maximum atomic E-state index is 12.2. The number of carbonyl (C=O) groups excluding carboxylic acids is 1. The zero-order valence-corrected chi connectivity index (χ0v) is 19.7. The number of halogens is 1. The summed E-state index contributed by atoms with van der Waals surface area (Å²) < 4.78 is 10.4. The van der Waals surface area contributed by atoms with Crippen molar-refractivity contribution in [2.45, 2.75) is 39.3 Å². The lowest BCUT2D eigenvalue weighted by atomic mass is 10.1. The Morgan fingerprint density at radius 1 is 1.21 bits per heavy atom. The van der Waals surface area contributed by atoms with Crippen LogP contribution in [-0.4, -0.2) is 58.4 Å². The summed E-state index contributed by atoms with van der Waals surface area (Å²) in [5, 5.41) is 9.50. The first-order valence-electron chi connectivity index (χ1n) is 9.51. The molecule has 1 rings (SSSR count). The zero-order valence-electron chi connectivity index (χ0n) is 17.4. The zero-order chi connectivity index (χ0) is 19.9. The number of aliphatic imine (C=N–C) groups is 1. The van der Waals surface area contributed by atoms with Crippen molar-refractivity contribution < 1.29 is 14.3 Å². The predicted molar refractivity (Wildman–Crippen MR) is 125 cm³/mol. The molecular formula is C20H35IN4O3. The van der Waals surface area contributed by atoms with E-state index in [0.29, 0.717) is 31.9 Å². The van der Waals surface area contributed by atoms with Crippen molar-refractivity contribution in [3.63, 3.8) is 0 Å². The van der Waals surface area contributed by atoms with Crippen LogP contribution in [0.2, 0.25) is 0 Å². The molecular weight excluding hydrogens is 471 g/mol. The Morgan fingerprint density at radius 3 is 2.68 bits per heavy atom. The molecule has 0 aliphatic rings. The standard InChI is InChI=1S/C20H34N4O3.HI/c1-5-16(2)24-19(25)18-9-6-8-17(14-18)15-23-20(21-3)22-10-7-11-27-13-12-26-4;/h6,8-9,14,16H,5,7,10-13,15H2,1-4H3,(H,24,25)(H2,21,22,23);1H. The van der Waals surface area contributed by atoms with E-state index >= 15 is 0 Å². The lowest BCUT2D eigenvalue weighted by molar-refractivity contribution is 0.0698. The van der Waals surface area contributed by atoms with Gasteiger partial charge in [0.2, 0.25) is 0 Å². The average Bonchev–Trinajstić information content (AvgIpc) is 2.69. The number of ether oxygens (including phenoxy) is 2. The molecule has 0 aliphatic heterocycles. The van der Waals surface area contributed by atoms with Crippen molar-refractivity contribution >= 4 is 35.8 Å². The molecule has 28 heavy (non-hydrogen) atoms. The number of benzene rings is 1. The van der Waals surface area contributed by atoms with Crippen LogP contribution in [0.3, 0.4) is 0 Å². The van der Waals surface area contributed by atoms with Crippen LogP contribution in [0.1, 0.15) is 42.6 Å². The van der Waals surface area contributed by atoms with Crippen LogP contribution in [-0.2, 0) is 16.0 Å². The summed E-state index contributed by atoms with van der Waals surface area (Å²) in [6.07, 6.45) is 1.79. The van der Waals surface area contributed by atoms with E-state index in [9.17, 15) is 4.79 Å². The summed E-state index contributed by atoms with van der Waals surface area (Å²) in [5.41, 5.74) is 1.70. The van der Waals surface area contributed by atoms with Crippen molar-refractivity contribution in [2.24, 2.45) is 4.99 Å². The molecule has 1 aromatic rings. The summed E-state index contributed by atoms with van der Waals surface area (Å²) in [7, 11) is 3.40. The average molecular weight is 506 g/mol. The highest BCUT2D eigenvalue weighted by atomic mass is 127. The van der Waals surface area contributed by atoms with Crippen LogP contribution in [0.4, 0.5) is 0 Å². The van der Waals surface area contributed by atoms with Gasteiger partial charge in [0.05, 0.1) is 13.2 Å². The summed E-state index contributed by atoms with van der Waals surface area (Å²) >= 11 is 0. The molecule has 0 radical (unpaired) electrons. The first-order valence-corrected chi connectivity index (χ1v) is 9.51. The number of methoxy groups -OCH3 is 1. The first-order chi connectivity index (χ1) is 13.1. The van der Waals surface area contributed by atoms with Crippen LogP contribution in [0.25, 0.3) is 0 Å². The second kappa shape index (κ2) is 16.6. The van der Waals surface area contributed by atoms with Crippen molar-refractivity contribution in [3.8, 4) is 0 Å². The Hall–Kier alpha value is -1.39. The van der Waals surface area contributed by atoms with Gasteiger partial charge in [0, 0.05) is 45.5 Å². The molecule has 7 nitrogen and oxygen atoms in total. The maximum Gasteiger partial charge on any atom is 0.251 e. The lowest BCUT2D eigenvalue weighted by Crippen LogP contribution is -2.37. The summed E-state index contributed by atoms with van der Waals surface area (Å²) in [5.74, 6) is 0.684. The van der Waals surface area contributed by atoms with E-state index in [0.717, 1.165) is 30.9 Å². The molecule has 0 spiro atoms. The van der Waals surface area contributed by atoms with Crippen LogP contribution in [0.15, 0.2) is 29.3 Å². The number of amides is 1. The van der Waals surface area contributed by atoms with E-state index in [-0.39, 0.29) is 35.9 Å². The highest BCUT2D eigenvalue weighted by Crippen LogP contribution is 2.06. The Morgan fingerprint density at radius 2 is 2.00 bits per heavy atom.